The van der Waals surface area contributed by atoms with Crippen molar-refractivity contribution in [3.05, 3.63) is 46.3 Å². The van der Waals surface area contributed by atoms with Crippen molar-refractivity contribution in [2.75, 3.05) is 11.4 Å². The van der Waals surface area contributed by atoms with Crippen LogP contribution in [0.1, 0.15) is 27.7 Å². The highest BCUT2D eigenvalue weighted by molar-refractivity contribution is 7.91. The first-order chi connectivity index (χ1) is 10.4. The second-order valence-electron chi connectivity index (χ2n) is 5.15. The van der Waals surface area contributed by atoms with Crippen LogP contribution in [0.15, 0.2) is 34.5 Å². The molecule has 0 radical (unpaired) electrons. The van der Waals surface area contributed by atoms with E-state index in [4.69, 9.17) is 5.14 Å². The molecule has 3 rings (SSSR count). The molecule has 0 atom stereocenters. The number of nitrogens with two attached hydrogens (primary N) is 1. The molecule has 1 aromatic carbocycles. The lowest BCUT2D eigenvalue weighted by Gasteiger charge is -2.19. The zero-order valence-electron chi connectivity index (χ0n) is 12.1. The van der Waals surface area contributed by atoms with E-state index in [0.717, 1.165) is 41.0 Å². The van der Waals surface area contributed by atoms with Crippen LogP contribution in [0.3, 0.4) is 0 Å². The highest BCUT2D eigenvalue weighted by atomic mass is 32.2. The molecule has 0 aliphatic carbocycles. The molecule has 0 saturated heterocycles. The second-order valence-corrected chi connectivity index (χ2v) is 8.02. The summed E-state index contributed by atoms with van der Waals surface area (Å²) in [6.45, 7) is 2.68. The van der Waals surface area contributed by atoms with Crippen molar-refractivity contribution < 1.29 is 13.2 Å². The lowest BCUT2D eigenvalue weighted by atomic mass is 10.1. The number of fused-ring (bicyclic) bond motifs is 1. The first kappa shape index (κ1) is 15.2. The molecule has 0 bridgehead atoms. The number of primary sulfonamides is 1. The molecule has 116 valence electrons. The van der Waals surface area contributed by atoms with Gasteiger partial charge in [0, 0.05) is 6.54 Å². The molecular weight excluding hydrogens is 320 g/mol. The Balaban J connectivity index is 1.98. The van der Waals surface area contributed by atoms with Crippen molar-refractivity contribution in [3.8, 4) is 0 Å². The zero-order valence-corrected chi connectivity index (χ0v) is 13.7. The maximum absolute atomic E-state index is 12.7. The third-order valence-electron chi connectivity index (χ3n) is 3.78. The minimum absolute atomic E-state index is 0.0130. The van der Waals surface area contributed by atoms with E-state index >= 15 is 0 Å². The smallest absolute Gasteiger partial charge is 0.268 e. The number of sulfonamides is 1. The summed E-state index contributed by atoms with van der Waals surface area (Å²) in [5.41, 5.74) is 3.27. The van der Waals surface area contributed by atoms with Crippen LogP contribution in [0.4, 0.5) is 5.69 Å². The molecule has 1 aromatic heterocycles. The Kier molecular flexibility index (Phi) is 3.80. The van der Waals surface area contributed by atoms with Crippen LogP contribution < -0.4 is 10.0 Å². The molecule has 22 heavy (non-hydrogen) atoms. The van der Waals surface area contributed by atoms with Crippen molar-refractivity contribution in [2.45, 2.75) is 24.0 Å². The number of para-hydroxylation sites is 1. The number of rotatable bonds is 3. The maximum Gasteiger partial charge on any atom is 0.268 e. The SMILES string of the molecule is CCc1cccc2c1N(C(=O)c1ccc(S(N)(=O)=O)s1)CC2. The number of amides is 1. The van der Waals surface area contributed by atoms with Crippen LogP contribution in [0.2, 0.25) is 0 Å². The van der Waals surface area contributed by atoms with Gasteiger partial charge in [-0.2, -0.15) is 0 Å². The molecule has 1 aliphatic rings. The number of aryl methyl sites for hydroxylation is 1. The normalized spacial score (nSPS) is 14.2. The monoisotopic (exact) mass is 336 g/mol. The summed E-state index contributed by atoms with van der Waals surface area (Å²) in [7, 11) is -3.76. The van der Waals surface area contributed by atoms with Gasteiger partial charge in [0.25, 0.3) is 5.91 Å². The van der Waals surface area contributed by atoms with Crippen LogP contribution in [0, 0.1) is 0 Å². The van der Waals surface area contributed by atoms with Crippen LogP contribution in [-0.2, 0) is 22.9 Å². The van der Waals surface area contributed by atoms with Gasteiger partial charge in [0.15, 0.2) is 0 Å². The fraction of sp³-hybridized carbons (Fsp3) is 0.267. The molecule has 7 heteroatoms. The Morgan fingerprint density at radius 1 is 1.32 bits per heavy atom. The molecule has 2 heterocycles. The Hall–Kier alpha value is -1.70. The highest BCUT2D eigenvalue weighted by Gasteiger charge is 2.28. The Labute approximate surface area is 133 Å². The molecule has 1 amide bonds. The fourth-order valence-electron chi connectivity index (χ4n) is 2.75. The quantitative estimate of drug-likeness (QED) is 0.932. The Bertz CT molecular complexity index is 840. The summed E-state index contributed by atoms with van der Waals surface area (Å²) in [6.07, 6.45) is 1.67. The molecule has 2 N–H and O–H groups in total. The second kappa shape index (κ2) is 5.49. The van der Waals surface area contributed by atoms with Crippen molar-refractivity contribution >= 4 is 33.0 Å². The van der Waals surface area contributed by atoms with Gasteiger partial charge in [0.1, 0.15) is 4.21 Å². The summed E-state index contributed by atoms with van der Waals surface area (Å²) in [5, 5.41) is 5.10. The number of thiophene rings is 1. The van der Waals surface area contributed by atoms with Gasteiger partial charge in [-0.05, 0) is 36.1 Å². The molecule has 0 fully saturated rings. The highest BCUT2D eigenvalue weighted by Crippen LogP contribution is 2.34. The molecule has 0 saturated carbocycles. The van der Waals surface area contributed by atoms with E-state index in [1.807, 2.05) is 18.2 Å². The van der Waals surface area contributed by atoms with Crippen molar-refractivity contribution in [3.63, 3.8) is 0 Å². The molecule has 1 aliphatic heterocycles. The number of benzene rings is 1. The number of carbonyl (C=O) groups is 1. The number of carbonyl (C=O) groups excluding carboxylic acids is 1. The van der Waals surface area contributed by atoms with Gasteiger partial charge in [0.2, 0.25) is 10.0 Å². The number of hydrogen-bond acceptors (Lipinski definition) is 4. The topological polar surface area (TPSA) is 80.5 Å². The summed E-state index contributed by atoms with van der Waals surface area (Å²) in [4.78, 5) is 14.9. The summed E-state index contributed by atoms with van der Waals surface area (Å²) in [6, 6.07) is 8.98. The summed E-state index contributed by atoms with van der Waals surface area (Å²) >= 11 is 0.919. The first-order valence-corrected chi connectivity index (χ1v) is 9.33. The van der Waals surface area contributed by atoms with Gasteiger partial charge < -0.3 is 4.90 Å². The number of anilines is 1. The van der Waals surface area contributed by atoms with Crippen molar-refractivity contribution in [2.24, 2.45) is 5.14 Å². The molecule has 5 nitrogen and oxygen atoms in total. The van der Waals surface area contributed by atoms with Gasteiger partial charge in [-0.15, -0.1) is 11.3 Å². The van der Waals surface area contributed by atoms with E-state index in [0.29, 0.717) is 11.4 Å². The van der Waals surface area contributed by atoms with Gasteiger partial charge >= 0.3 is 0 Å². The lowest BCUT2D eigenvalue weighted by Crippen LogP contribution is -2.28. The first-order valence-electron chi connectivity index (χ1n) is 6.97. The average molecular weight is 336 g/mol. The van der Waals surface area contributed by atoms with Crippen molar-refractivity contribution in [1.29, 1.82) is 0 Å². The average Bonchev–Trinajstić information content (AvgIpc) is 3.12. The predicted octanol–water partition coefficient (Wildman–Crippen LogP) is 2.16. The van der Waals surface area contributed by atoms with Crippen LogP contribution in [0.25, 0.3) is 0 Å². The van der Waals surface area contributed by atoms with Crippen molar-refractivity contribution in [1.82, 2.24) is 0 Å². The van der Waals surface area contributed by atoms with Crippen LogP contribution in [0.5, 0.6) is 0 Å². The lowest BCUT2D eigenvalue weighted by molar-refractivity contribution is 0.0993. The largest absolute Gasteiger partial charge is 0.307 e. The minimum atomic E-state index is -3.76. The van der Waals surface area contributed by atoms with E-state index in [1.54, 1.807) is 4.90 Å². The van der Waals surface area contributed by atoms with Gasteiger partial charge in [0.05, 0.1) is 10.6 Å². The summed E-state index contributed by atoms with van der Waals surface area (Å²) < 4.78 is 22.7. The van der Waals surface area contributed by atoms with Gasteiger partial charge in [-0.3, -0.25) is 4.79 Å². The Morgan fingerprint density at radius 3 is 2.73 bits per heavy atom. The third-order valence-corrected chi connectivity index (χ3v) is 6.29. The maximum atomic E-state index is 12.7. The standard InChI is InChI=1S/C15H16N2O3S2/c1-2-10-4-3-5-11-8-9-17(14(10)11)15(18)12-6-7-13(21-12)22(16,19)20/h3-7H,2,8-9H2,1H3,(H2,16,19,20). The molecule has 0 spiro atoms. The molecule has 0 unspecified atom stereocenters. The van der Waals surface area contributed by atoms with E-state index in [2.05, 4.69) is 6.92 Å². The molecular formula is C15H16N2O3S2. The van der Waals surface area contributed by atoms with E-state index in [1.165, 1.54) is 12.1 Å². The zero-order chi connectivity index (χ0) is 15.9. The van der Waals surface area contributed by atoms with E-state index in [-0.39, 0.29) is 10.1 Å². The fourth-order valence-corrected chi connectivity index (χ4v) is 4.42. The number of nitrogens with zero attached hydrogens (tertiary/aromatic N) is 1. The molecule has 2 aromatic rings. The number of hydrogen-bond donors (Lipinski definition) is 1. The minimum Gasteiger partial charge on any atom is -0.307 e. The predicted molar refractivity (Wildman–Crippen MR) is 86.9 cm³/mol. The van der Waals surface area contributed by atoms with E-state index in [9.17, 15) is 13.2 Å². The van der Waals surface area contributed by atoms with Gasteiger partial charge in [-0.1, -0.05) is 25.1 Å². The van der Waals surface area contributed by atoms with Crippen LogP contribution >= 0.6 is 11.3 Å². The summed E-state index contributed by atoms with van der Waals surface area (Å²) in [5.74, 6) is -0.167. The van der Waals surface area contributed by atoms with E-state index < -0.39 is 10.0 Å². The van der Waals surface area contributed by atoms with Gasteiger partial charge in [-0.25, -0.2) is 13.6 Å². The van der Waals surface area contributed by atoms with Crippen LogP contribution in [-0.4, -0.2) is 20.9 Å². The third kappa shape index (κ3) is 2.55. The Morgan fingerprint density at radius 2 is 2.09 bits per heavy atom.